The Morgan fingerprint density at radius 2 is 1.85 bits per heavy atom. The van der Waals surface area contributed by atoms with Crippen molar-refractivity contribution in [3.05, 3.63) is 58.8 Å². The maximum absolute atomic E-state index is 4.67. The molecular formula is C20H22BrN5. The zero-order valence-corrected chi connectivity index (χ0v) is 16.7. The molecule has 5 nitrogen and oxygen atoms in total. The fraction of sp³-hybridized carbons (Fsp3) is 0.250. The topological polar surface area (TPSA) is 62.7 Å². The number of pyridine rings is 1. The first-order valence-electron chi connectivity index (χ1n) is 8.64. The first-order valence-corrected chi connectivity index (χ1v) is 9.43. The molecule has 2 heterocycles. The summed E-state index contributed by atoms with van der Waals surface area (Å²) in [5.41, 5.74) is 4.00. The summed E-state index contributed by atoms with van der Waals surface area (Å²) in [5, 5.41) is 6.75. The van der Waals surface area contributed by atoms with Crippen molar-refractivity contribution < 1.29 is 0 Å². The van der Waals surface area contributed by atoms with E-state index in [-0.39, 0.29) is 0 Å². The monoisotopic (exact) mass is 411 g/mol. The Kier molecular flexibility index (Phi) is 5.83. The van der Waals surface area contributed by atoms with Gasteiger partial charge in [-0.15, -0.1) is 0 Å². The Morgan fingerprint density at radius 1 is 1.08 bits per heavy atom. The number of anilines is 3. The van der Waals surface area contributed by atoms with E-state index in [0.717, 1.165) is 39.2 Å². The van der Waals surface area contributed by atoms with Crippen molar-refractivity contribution in [2.75, 3.05) is 10.6 Å². The lowest BCUT2D eigenvalue weighted by Gasteiger charge is -2.15. The Balaban J connectivity index is 1.97. The minimum Gasteiger partial charge on any atom is -0.352 e. The van der Waals surface area contributed by atoms with E-state index < -0.39 is 0 Å². The van der Waals surface area contributed by atoms with Crippen molar-refractivity contribution in [2.24, 2.45) is 0 Å². The Labute approximate surface area is 162 Å². The first kappa shape index (κ1) is 18.3. The largest absolute Gasteiger partial charge is 0.352 e. The molecule has 134 valence electrons. The summed E-state index contributed by atoms with van der Waals surface area (Å²) >= 11 is 3.53. The van der Waals surface area contributed by atoms with Crippen LogP contribution in [0.5, 0.6) is 0 Å². The molecule has 0 aliphatic heterocycles. The van der Waals surface area contributed by atoms with Gasteiger partial charge in [0.25, 0.3) is 0 Å². The third-order valence-corrected chi connectivity index (χ3v) is 5.01. The van der Waals surface area contributed by atoms with Gasteiger partial charge >= 0.3 is 0 Å². The van der Waals surface area contributed by atoms with Crippen molar-refractivity contribution in [1.29, 1.82) is 0 Å². The second kappa shape index (κ2) is 8.27. The average molecular weight is 412 g/mol. The van der Waals surface area contributed by atoms with Crippen LogP contribution in [0.15, 0.2) is 53.3 Å². The lowest BCUT2D eigenvalue weighted by molar-refractivity contribution is 0.753. The molecule has 0 aliphatic rings. The standard InChI is InChI=1S/C20H22BrN5/c1-4-14(3)23-20-25-18(15-7-9-22-10-8-15)12-19(26-20)24-16-5-6-17(21)13(2)11-16/h5-12,14H,4H2,1-3H3,(H2,23,24,25,26)/t14-/m0/s1. The molecule has 0 radical (unpaired) electrons. The molecule has 0 saturated heterocycles. The van der Waals surface area contributed by atoms with Gasteiger partial charge in [0.15, 0.2) is 0 Å². The molecule has 0 amide bonds. The Morgan fingerprint density at radius 3 is 2.54 bits per heavy atom. The highest BCUT2D eigenvalue weighted by atomic mass is 79.9. The minimum atomic E-state index is 0.297. The van der Waals surface area contributed by atoms with Crippen molar-refractivity contribution in [3.8, 4) is 11.3 Å². The molecule has 1 atom stereocenters. The summed E-state index contributed by atoms with van der Waals surface area (Å²) in [5.74, 6) is 1.37. The van der Waals surface area contributed by atoms with Crippen LogP contribution >= 0.6 is 15.9 Å². The first-order chi connectivity index (χ1) is 12.5. The van der Waals surface area contributed by atoms with Crippen molar-refractivity contribution in [1.82, 2.24) is 15.0 Å². The fourth-order valence-corrected chi connectivity index (χ4v) is 2.69. The molecule has 0 saturated carbocycles. The van der Waals surface area contributed by atoms with Crippen molar-refractivity contribution in [2.45, 2.75) is 33.2 Å². The van der Waals surface area contributed by atoms with Crippen LogP contribution in [0, 0.1) is 6.92 Å². The molecule has 0 fully saturated rings. The molecule has 3 rings (SSSR count). The zero-order chi connectivity index (χ0) is 18.5. The summed E-state index contributed by atoms with van der Waals surface area (Å²) in [6.07, 6.45) is 4.53. The third-order valence-electron chi connectivity index (χ3n) is 4.12. The highest BCUT2D eigenvalue weighted by molar-refractivity contribution is 9.10. The third kappa shape index (κ3) is 4.58. The van der Waals surface area contributed by atoms with Crippen LogP contribution < -0.4 is 10.6 Å². The Bertz CT molecular complexity index is 883. The zero-order valence-electron chi connectivity index (χ0n) is 15.1. The van der Waals surface area contributed by atoms with Gasteiger partial charge in [0.05, 0.1) is 5.69 Å². The molecule has 2 aromatic heterocycles. The quantitative estimate of drug-likeness (QED) is 0.555. The van der Waals surface area contributed by atoms with E-state index in [1.165, 1.54) is 0 Å². The number of benzene rings is 1. The Hall–Kier alpha value is -2.47. The van der Waals surface area contributed by atoms with E-state index >= 15 is 0 Å². The maximum atomic E-state index is 4.67. The number of halogens is 1. The summed E-state index contributed by atoms with van der Waals surface area (Å²) in [4.78, 5) is 13.4. The molecule has 1 aromatic carbocycles. The second-order valence-electron chi connectivity index (χ2n) is 6.24. The predicted molar refractivity (Wildman–Crippen MR) is 111 cm³/mol. The molecule has 3 aromatic rings. The highest BCUT2D eigenvalue weighted by Gasteiger charge is 2.09. The van der Waals surface area contributed by atoms with Crippen LogP contribution in [0.25, 0.3) is 11.3 Å². The van der Waals surface area contributed by atoms with Gasteiger partial charge in [-0.1, -0.05) is 22.9 Å². The van der Waals surface area contributed by atoms with Crippen LogP contribution in [-0.4, -0.2) is 21.0 Å². The smallest absolute Gasteiger partial charge is 0.225 e. The summed E-state index contributed by atoms with van der Waals surface area (Å²) in [7, 11) is 0. The van der Waals surface area contributed by atoms with Gasteiger partial charge < -0.3 is 10.6 Å². The van der Waals surface area contributed by atoms with Crippen molar-refractivity contribution in [3.63, 3.8) is 0 Å². The van der Waals surface area contributed by atoms with Gasteiger partial charge in [-0.2, -0.15) is 4.98 Å². The average Bonchev–Trinajstić information content (AvgIpc) is 2.65. The number of aryl methyl sites for hydroxylation is 1. The molecule has 0 aliphatic carbocycles. The van der Waals surface area contributed by atoms with Gasteiger partial charge in [0.2, 0.25) is 5.95 Å². The van der Waals surface area contributed by atoms with Gasteiger partial charge in [0, 0.05) is 40.2 Å². The van der Waals surface area contributed by atoms with Crippen LogP contribution in [0.4, 0.5) is 17.5 Å². The summed E-state index contributed by atoms with van der Waals surface area (Å²) in [6, 6.07) is 12.3. The number of rotatable bonds is 6. The molecule has 0 bridgehead atoms. The van der Waals surface area contributed by atoms with Gasteiger partial charge in [-0.3, -0.25) is 4.98 Å². The normalized spacial score (nSPS) is 11.8. The molecule has 2 N–H and O–H groups in total. The van der Waals surface area contributed by atoms with Gasteiger partial charge in [-0.25, -0.2) is 4.98 Å². The van der Waals surface area contributed by atoms with E-state index in [1.807, 2.05) is 30.3 Å². The van der Waals surface area contributed by atoms with Crippen molar-refractivity contribution >= 4 is 33.4 Å². The highest BCUT2D eigenvalue weighted by Crippen LogP contribution is 2.26. The van der Waals surface area contributed by atoms with E-state index in [1.54, 1.807) is 12.4 Å². The van der Waals surface area contributed by atoms with E-state index in [0.29, 0.717) is 12.0 Å². The number of hydrogen-bond acceptors (Lipinski definition) is 5. The summed E-state index contributed by atoms with van der Waals surface area (Å²) in [6.45, 7) is 6.31. The van der Waals surface area contributed by atoms with E-state index in [4.69, 9.17) is 0 Å². The minimum absolute atomic E-state index is 0.297. The number of hydrogen-bond donors (Lipinski definition) is 2. The number of nitrogens with one attached hydrogen (secondary N) is 2. The predicted octanol–water partition coefficient (Wildman–Crippen LogP) is 5.56. The lowest BCUT2D eigenvalue weighted by Crippen LogP contribution is -2.16. The van der Waals surface area contributed by atoms with Crippen LogP contribution in [0.2, 0.25) is 0 Å². The number of aromatic nitrogens is 3. The second-order valence-corrected chi connectivity index (χ2v) is 7.09. The molecular weight excluding hydrogens is 390 g/mol. The summed E-state index contributed by atoms with van der Waals surface area (Å²) < 4.78 is 1.09. The molecule has 0 spiro atoms. The number of nitrogens with zero attached hydrogens (tertiary/aromatic N) is 3. The molecule has 6 heteroatoms. The van der Waals surface area contributed by atoms with Gasteiger partial charge in [0.1, 0.15) is 5.82 Å². The SMILES string of the molecule is CC[C@H](C)Nc1nc(Nc2ccc(Br)c(C)c2)cc(-c2ccncc2)n1. The molecule has 0 unspecified atom stereocenters. The lowest BCUT2D eigenvalue weighted by atomic mass is 10.2. The van der Waals surface area contributed by atoms with E-state index in [2.05, 4.69) is 68.4 Å². The van der Waals surface area contributed by atoms with E-state index in [9.17, 15) is 0 Å². The maximum Gasteiger partial charge on any atom is 0.225 e. The van der Waals surface area contributed by atoms with Gasteiger partial charge in [-0.05, 0) is 56.2 Å². The van der Waals surface area contributed by atoms with Crippen LogP contribution in [0.3, 0.4) is 0 Å². The van der Waals surface area contributed by atoms with Crippen LogP contribution in [-0.2, 0) is 0 Å². The van der Waals surface area contributed by atoms with Crippen LogP contribution in [0.1, 0.15) is 25.8 Å². The fourth-order valence-electron chi connectivity index (χ4n) is 2.44. The molecule has 26 heavy (non-hydrogen) atoms.